The normalized spacial score (nSPS) is 25.4. The summed E-state index contributed by atoms with van der Waals surface area (Å²) in [6.45, 7) is 11.3. The highest BCUT2D eigenvalue weighted by Crippen LogP contribution is 2.50. The van der Waals surface area contributed by atoms with Gasteiger partial charge in [0.25, 0.3) is 5.91 Å². The van der Waals surface area contributed by atoms with Gasteiger partial charge in [-0.25, -0.2) is 4.79 Å². The first-order valence-corrected chi connectivity index (χ1v) is 11.9. The van der Waals surface area contributed by atoms with Crippen LogP contribution in [0.1, 0.15) is 99.3 Å². The van der Waals surface area contributed by atoms with Gasteiger partial charge in [-0.05, 0) is 67.2 Å². The second kappa shape index (κ2) is 8.34. The molecule has 2 aliphatic carbocycles. The molecule has 0 bridgehead atoms. The van der Waals surface area contributed by atoms with Crippen LogP contribution in [0.3, 0.4) is 0 Å². The third kappa shape index (κ3) is 4.50. The van der Waals surface area contributed by atoms with Crippen LogP contribution in [0.2, 0.25) is 0 Å². The Morgan fingerprint density at radius 2 is 1.28 bits per heavy atom. The molecule has 3 rings (SSSR count). The molecule has 3 aliphatic rings. The fourth-order valence-electron chi connectivity index (χ4n) is 5.40. The van der Waals surface area contributed by atoms with E-state index in [-0.39, 0.29) is 11.8 Å². The average molecular weight is 450 g/mol. The van der Waals surface area contributed by atoms with Crippen molar-refractivity contribution in [3.63, 3.8) is 0 Å². The molecule has 0 aromatic carbocycles. The highest BCUT2D eigenvalue weighted by atomic mass is 16.7. The number of hydroxylamine groups is 2. The minimum Gasteiger partial charge on any atom is -0.351 e. The molecule has 0 aromatic rings. The van der Waals surface area contributed by atoms with Crippen LogP contribution in [0.25, 0.3) is 0 Å². The fourth-order valence-corrected chi connectivity index (χ4v) is 5.40. The van der Waals surface area contributed by atoms with E-state index in [4.69, 9.17) is 4.84 Å². The molecule has 2 saturated carbocycles. The number of carbonyl (C=O) groups is 4. The van der Waals surface area contributed by atoms with E-state index in [1.807, 2.05) is 41.5 Å². The van der Waals surface area contributed by atoms with Crippen molar-refractivity contribution in [2.24, 2.45) is 11.3 Å². The van der Waals surface area contributed by atoms with Gasteiger partial charge >= 0.3 is 5.97 Å². The topological polar surface area (TPSA) is 105 Å². The van der Waals surface area contributed by atoms with Crippen molar-refractivity contribution in [2.45, 2.75) is 116 Å². The molecule has 0 radical (unpaired) electrons. The number of rotatable bonds is 4. The molecule has 8 heteroatoms. The van der Waals surface area contributed by atoms with E-state index in [1.165, 1.54) is 0 Å². The van der Waals surface area contributed by atoms with Crippen LogP contribution in [-0.4, -0.2) is 45.4 Å². The number of nitrogens with zero attached hydrogens (tertiary/aromatic N) is 1. The molecule has 8 nitrogen and oxygen atoms in total. The van der Waals surface area contributed by atoms with E-state index in [1.54, 1.807) is 0 Å². The van der Waals surface area contributed by atoms with Gasteiger partial charge in [-0.1, -0.05) is 32.1 Å². The monoisotopic (exact) mass is 449 g/mol. The maximum absolute atomic E-state index is 13.8. The zero-order valence-corrected chi connectivity index (χ0v) is 20.4. The van der Waals surface area contributed by atoms with Crippen LogP contribution in [0.5, 0.6) is 0 Å². The van der Waals surface area contributed by atoms with Crippen molar-refractivity contribution in [3.8, 4) is 0 Å². The number of nitrogens with one attached hydrogen (secondary N) is 2. The number of carbonyl (C=O) groups excluding carboxylic acids is 4. The first-order chi connectivity index (χ1) is 14.7. The molecule has 3 amide bonds. The predicted molar refractivity (Wildman–Crippen MR) is 119 cm³/mol. The zero-order valence-electron chi connectivity index (χ0n) is 20.4. The maximum Gasteiger partial charge on any atom is 0.346 e. The van der Waals surface area contributed by atoms with E-state index < -0.39 is 39.8 Å². The second-order valence-corrected chi connectivity index (χ2v) is 11.8. The van der Waals surface area contributed by atoms with Crippen molar-refractivity contribution in [2.75, 3.05) is 0 Å². The van der Waals surface area contributed by atoms with Crippen LogP contribution in [0.15, 0.2) is 0 Å². The van der Waals surface area contributed by atoms with Crippen LogP contribution >= 0.6 is 0 Å². The number of amides is 3. The lowest BCUT2D eigenvalue weighted by atomic mass is 9.71. The van der Waals surface area contributed by atoms with Gasteiger partial charge in [0.2, 0.25) is 11.8 Å². The van der Waals surface area contributed by atoms with E-state index in [0.29, 0.717) is 25.7 Å². The Morgan fingerprint density at radius 3 is 1.78 bits per heavy atom. The van der Waals surface area contributed by atoms with Gasteiger partial charge in [0.05, 0.1) is 5.41 Å². The summed E-state index contributed by atoms with van der Waals surface area (Å²) in [4.78, 5) is 59.3. The summed E-state index contributed by atoms with van der Waals surface area (Å²) < 4.78 is 0. The van der Waals surface area contributed by atoms with Crippen molar-refractivity contribution >= 4 is 23.7 Å². The van der Waals surface area contributed by atoms with Crippen molar-refractivity contribution < 1.29 is 24.0 Å². The highest BCUT2D eigenvalue weighted by molar-refractivity contribution is 6.09. The standard InChI is InChI=1S/C24H39N3O5/c1-21(2,3)25-19(30)23(12-10-11-13-23)16-17(28)27(32-18(16)29)24(14-8-7-9-15-24)20(31)26-22(4,5)6/h16H,7-15H2,1-6H3,(H,25,30)(H,26,31). The fraction of sp³-hybridized carbons (Fsp3) is 0.833. The van der Waals surface area contributed by atoms with Crippen LogP contribution in [0, 0.1) is 11.3 Å². The van der Waals surface area contributed by atoms with E-state index >= 15 is 0 Å². The van der Waals surface area contributed by atoms with Gasteiger partial charge in [-0.2, -0.15) is 5.06 Å². The molecule has 1 heterocycles. The summed E-state index contributed by atoms with van der Waals surface area (Å²) in [6, 6.07) is 0. The van der Waals surface area contributed by atoms with Crippen molar-refractivity contribution in [3.05, 3.63) is 0 Å². The van der Waals surface area contributed by atoms with Gasteiger partial charge in [0, 0.05) is 11.1 Å². The molecular weight excluding hydrogens is 410 g/mol. The number of hydrogen-bond acceptors (Lipinski definition) is 5. The van der Waals surface area contributed by atoms with Gasteiger partial charge in [-0.15, -0.1) is 0 Å². The molecular formula is C24H39N3O5. The Hall–Kier alpha value is -2.12. The predicted octanol–water partition coefficient (Wildman–Crippen LogP) is 3.00. The Labute approximate surface area is 191 Å². The summed E-state index contributed by atoms with van der Waals surface area (Å²) in [5.41, 5.74) is -3.35. The van der Waals surface area contributed by atoms with Crippen LogP contribution < -0.4 is 10.6 Å². The summed E-state index contributed by atoms with van der Waals surface area (Å²) >= 11 is 0. The number of hydrogen-bond donors (Lipinski definition) is 2. The minimum absolute atomic E-state index is 0.281. The first-order valence-electron chi connectivity index (χ1n) is 11.9. The second-order valence-electron chi connectivity index (χ2n) is 11.8. The lowest BCUT2D eigenvalue weighted by Crippen LogP contribution is -2.63. The molecule has 0 spiro atoms. The molecule has 2 N–H and O–H groups in total. The van der Waals surface area contributed by atoms with Crippen LogP contribution in [0.4, 0.5) is 0 Å². The van der Waals surface area contributed by atoms with Crippen molar-refractivity contribution in [1.82, 2.24) is 15.7 Å². The molecule has 32 heavy (non-hydrogen) atoms. The van der Waals surface area contributed by atoms with E-state index in [2.05, 4.69) is 10.6 Å². The summed E-state index contributed by atoms with van der Waals surface area (Å²) in [6.07, 6.45) is 5.80. The quantitative estimate of drug-likeness (QED) is 0.642. The third-order valence-electron chi connectivity index (χ3n) is 6.83. The smallest absolute Gasteiger partial charge is 0.346 e. The van der Waals surface area contributed by atoms with E-state index in [9.17, 15) is 19.2 Å². The lowest BCUT2D eigenvalue weighted by molar-refractivity contribution is -0.208. The Morgan fingerprint density at radius 1 is 0.812 bits per heavy atom. The SMILES string of the molecule is CC(C)(C)NC(=O)C1(C2C(=O)ON(C3(C(=O)NC(C)(C)C)CCCCC3)C2=O)CCCC1. The zero-order chi connectivity index (χ0) is 23.9. The van der Waals surface area contributed by atoms with Gasteiger partial charge < -0.3 is 15.5 Å². The molecule has 1 saturated heterocycles. The molecule has 3 fully saturated rings. The minimum atomic E-state index is -1.23. The average Bonchev–Trinajstić information content (AvgIpc) is 3.25. The Kier molecular flexibility index (Phi) is 6.39. The third-order valence-corrected chi connectivity index (χ3v) is 6.83. The molecule has 1 unspecified atom stereocenters. The van der Waals surface area contributed by atoms with Gasteiger partial charge in [0.1, 0.15) is 0 Å². The molecule has 1 atom stereocenters. The van der Waals surface area contributed by atoms with Gasteiger partial charge in [-0.3, -0.25) is 14.4 Å². The molecule has 180 valence electrons. The van der Waals surface area contributed by atoms with Crippen LogP contribution in [-0.2, 0) is 24.0 Å². The van der Waals surface area contributed by atoms with Crippen molar-refractivity contribution in [1.29, 1.82) is 0 Å². The molecule has 1 aliphatic heterocycles. The van der Waals surface area contributed by atoms with Gasteiger partial charge in [0.15, 0.2) is 11.5 Å². The lowest BCUT2D eigenvalue weighted by Gasteiger charge is -2.42. The summed E-state index contributed by atoms with van der Waals surface area (Å²) in [7, 11) is 0. The summed E-state index contributed by atoms with van der Waals surface area (Å²) in [5, 5.41) is 7.01. The first kappa shape index (κ1) is 24.5. The Bertz CT molecular complexity index is 780. The highest BCUT2D eigenvalue weighted by Gasteiger charge is 2.64. The molecule has 0 aromatic heterocycles. The van der Waals surface area contributed by atoms with E-state index in [0.717, 1.165) is 37.2 Å². The Balaban J connectivity index is 1.97. The maximum atomic E-state index is 13.8. The largest absolute Gasteiger partial charge is 0.351 e. The summed E-state index contributed by atoms with van der Waals surface area (Å²) in [5.74, 6) is -3.06.